The Morgan fingerprint density at radius 2 is 1.68 bits per heavy atom. The Labute approximate surface area is 113 Å². The molecule has 0 bridgehead atoms. The summed E-state index contributed by atoms with van der Waals surface area (Å²) in [5.41, 5.74) is 9.78. The van der Waals surface area contributed by atoms with Gasteiger partial charge in [0.25, 0.3) is 0 Å². The van der Waals surface area contributed by atoms with Crippen LogP contribution >= 0.6 is 0 Å². The lowest BCUT2D eigenvalue weighted by atomic mass is 9.95. The van der Waals surface area contributed by atoms with Gasteiger partial charge in [0, 0.05) is 5.54 Å². The average Bonchev–Trinajstić information content (AvgIpc) is 3.16. The van der Waals surface area contributed by atoms with Crippen LogP contribution in [0.4, 0.5) is 4.39 Å². The van der Waals surface area contributed by atoms with Gasteiger partial charge < -0.3 is 5.73 Å². The van der Waals surface area contributed by atoms with E-state index in [4.69, 9.17) is 5.73 Å². The second-order valence-corrected chi connectivity index (χ2v) is 5.53. The summed E-state index contributed by atoms with van der Waals surface area (Å²) in [6.45, 7) is 0. The third-order valence-corrected chi connectivity index (χ3v) is 3.96. The monoisotopic (exact) mass is 255 g/mol. The maximum atomic E-state index is 13.0. The van der Waals surface area contributed by atoms with Gasteiger partial charge in [0.2, 0.25) is 0 Å². The molecule has 1 aliphatic carbocycles. The zero-order valence-corrected chi connectivity index (χ0v) is 10.9. The Kier molecular flexibility index (Phi) is 3.11. The van der Waals surface area contributed by atoms with Gasteiger partial charge in [-0.3, -0.25) is 0 Å². The zero-order valence-electron chi connectivity index (χ0n) is 10.9. The number of nitrogens with two attached hydrogens (primary N) is 1. The lowest BCUT2D eigenvalue weighted by Gasteiger charge is -2.12. The molecule has 0 radical (unpaired) electrons. The van der Waals surface area contributed by atoms with Crippen LogP contribution in [0.3, 0.4) is 0 Å². The first-order valence-corrected chi connectivity index (χ1v) is 6.79. The zero-order chi connectivity index (χ0) is 13.3. The third kappa shape index (κ3) is 2.85. The van der Waals surface area contributed by atoms with Crippen molar-refractivity contribution in [3.63, 3.8) is 0 Å². The van der Waals surface area contributed by atoms with Crippen molar-refractivity contribution in [2.45, 2.75) is 31.2 Å². The van der Waals surface area contributed by atoms with Crippen molar-refractivity contribution >= 4 is 0 Å². The van der Waals surface area contributed by atoms with Crippen LogP contribution in [0.2, 0.25) is 0 Å². The fraction of sp³-hybridized carbons (Fsp3) is 0.294. The maximum absolute atomic E-state index is 13.0. The van der Waals surface area contributed by atoms with Gasteiger partial charge >= 0.3 is 0 Å². The van der Waals surface area contributed by atoms with Crippen LogP contribution in [0.25, 0.3) is 11.1 Å². The molecule has 1 fully saturated rings. The molecule has 2 N–H and O–H groups in total. The van der Waals surface area contributed by atoms with Crippen LogP contribution in [0.15, 0.2) is 48.5 Å². The van der Waals surface area contributed by atoms with E-state index >= 15 is 0 Å². The Balaban J connectivity index is 1.86. The minimum absolute atomic E-state index is 0.0793. The highest BCUT2D eigenvalue weighted by Gasteiger charge is 2.37. The van der Waals surface area contributed by atoms with Gasteiger partial charge in [0.1, 0.15) is 5.82 Å². The van der Waals surface area contributed by atoms with E-state index < -0.39 is 0 Å². The number of aryl methyl sites for hydroxylation is 1. The largest absolute Gasteiger partial charge is 0.325 e. The van der Waals surface area contributed by atoms with Gasteiger partial charge in [0.15, 0.2) is 0 Å². The second kappa shape index (κ2) is 4.78. The van der Waals surface area contributed by atoms with E-state index in [1.807, 2.05) is 18.2 Å². The Morgan fingerprint density at radius 3 is 2.37 bits per heavy atom. The molecule has 1 aliphatic rings. The third-order valence-electron chi connectivity index (χ3n) is 3.96. The molecular weight excluding hydrogens is 237 g/mol. The van der Waals surface area contributed by atoms with E-state index in [0.29, 0.717) is 0 Å². The molecular formula is C17H18FN. The van der Waals surface area contributed by atoms with Crippen molar-refractivity contribution in [2.24, 2.45) is 5.73 Å². The predicted octanol–water partition coefficient (Wildman–Crippen LogP) is 3.92. The first-order chi connectivity index (χ1) is 9.16. The highest BCUT2D eigenvalue weighted by Crippen LogP contribution is 2.37. The molecule has 1 saturated carbocycles. The number of rotatable bonds is 4. The van der Waals surface area contributed by atoms with Crippen molar-refractivity contribution in [3.8, 4) is 11.1 Å². The Hall–Kier alpha value is -1.67. The first kappa shape index (κ1) is 12.4. The molecule has 2 aromatic carbocycles. The van der Waals surface area contributed by atoms with E-state index in [2.05, 4.69) is 18.2 Å². The lowest BCUT2D eigenvalue weighted by Crippen LogP contribution is -2.22. The molecule has 1 nitrogen and oxygen atoms in total. The molecule has 0 unspecified atom stereocenters. The predicted molar refractivity (Wildman–Crippen MR) is 76.3 cm³/mol. The Morgan fingerprint density at radius 1 is 1.00 bits per heavy atom. The van der Waals surface area contributed by atoms with Crippen LogP contribution in [-0.2, 0) is 6.42 Å². The molecule has 2 heteroatoms. The molecule has 0 spiro atoms. The summed E-state index contributed by atoms with van der Waals surface area (Å²) >= 11 is 0. The molecule has 0 heterocycles. The van der Waals surface area contributed by atoms with Crippen LogP contribution in [0.1, 0.15) is 24.8 Å². The summed E-state index contributed by atoms with van der Waals surface area (Å²) in [5, 5.41) is 0. The molecule has 3 rings (SSSR count). The van der Waals surface area contributed by atoms with Crippen molar-refractivity contribution in [1.29, 1.82) is 0 Å². The van der Waals surface area contributed by atoms with Gasteiger partial charge in [-0.2, -0.15) is 0 Å². The summed E-state index contributed by atoms with van der Waals surface area (Å²) < 4.78 is 13.0. The summed E-state index contributed by atoms with van der Waals surface area (Å²) in [5.74, 6) is -0.194. The van der Waals surface area contributed by atoms with Crippen LogP contribution in [0, 0.1) is 5.82 Å². The van der Waals surface area contributed by atoms with Crippen LogP contribution in [-0.4, -0.2) is 5.54 Å². The topological polar surface area (TPSA) is 26.0 Å². The normalized spacial score (nSPS) is 16.3. The summed E-state index contributed by atoms with van der Waals surface area (Å²) in [4.78, 5) is 0. The van der Waals surface area contributed by atoms with Crippen molar-refractivity contribution < 1.29 is 4.39 Å². The first-order valence-electron chi connectivity index (χ1n) is 6.79. The molecule has 0 atom stereocenters. The smallest absolute Gasteiger partial charge is 0.123 e. The molecule has 2 aromatic rings. The number of halogens is 1. The molecule has 19 heavy (non-hydrogen) atoms. The van der Waals surface area contributed by atoms with Gasteiger partial charge in [-0.15, -0.1) is 0 Å². The number of hydrogen-bond acceptors (Lipinski definition) is 1. The van der Waals surface area contributed by atoms with Crippen molar-refractivity contribution in [2.75, 3.05) is 0 Å². The SMILES string of the molecule is NC1(CCc2ccccc2-c2ccc(F)cc2)CC1. The van der Waals surface area contributed by atoms with Crippen LogP contribution < -0.4 is 5.73 Å². The highest BCUT2D eigenvalue weighted by atomic mass is 19.1. The second-order valence-electron chi connectivity index (χ2n) is 5.53. The summed E-state index contributed by atoms with van der Waals surface area (Å²) in [6, 6.07) is 15.0. The molecule has 0 saturated heterocycles. The molecule has 0 amide bonds. The van der Waals surface area contributed by atoms with E-state index in [1.165, 1.54) is 23.3 Å². The standard InChI is InChI=1S/C17H18FN/c18-15-7-5-14(6-8-15)16-4-2-1-3-13(16)9-10-17(19)11-12-17/h1-8H,9-12,19H2. The molecule has 98 valence electrons. The van der Waals surface area contributed by atoms with E-state index in [1.54, 1.807) is 0 Å². The van der Waals surface area contributed by atoms with Crippen molar-refractivity contribution in [1.82, 2.24) is 0 Å². The lowest BCUT2D eigenvalue weighted by molar-refractivity contribution is 0.609. The van der Waals surface area contributed by atoms with Crippen molar-refractivity contribution in [3.05, 3.63) is 59.9 Å². The summed E-state index contributed by atoms with van der Waals surface area (Å²) in [7, 11) is 0. The quantitative estimate of drug-likeness (QED) is 0.880. The summed E-state index contributed by atoms with van der Waals surface area (Å²) in [6.07, 6.45) is 4.31. The number of hydrogen-bond donors (Lipinski definition) is 1. The molecule has 0 aliphatic heterocycles. The fourth-order valence-electron chi connectivity index (χ4n) is 2.44. The maximum Gasteiger partial charge on any atom is 0.123 e. The Bertz CT molecular complexity index is 570. The van der Waals surface area contributed by atoms with E-state index in [9.17, 15) is 4.39 Å². The van der Waals surface area contributed by atoms with Crippen LogP contribution in [0.5, 0.6) is 0 Å². The van der Waals surface area contributed by atoms with Gasteiger partial charge in [-0.25, -0.2) is 4.39 Å². The van der Waals surface area contributed by atoms with E-state index in [0.717, 1.165) is 31.2 Å². The van der Waals surface area contributed by atoms with Gasteiger partial charge in [0.05, 0.1) is 0 Å². The minimum Gasteiger partial charge on any atom is -0.325 e. The average molecular weight is 255 g/mol. The van der Waals surface area contributed by atoms with Gasteiger partial charge in [-0.05, 0) is 54.5 Å². The fourth-order valence-corrected chi connectivity index (χ4v) is 2.44. The molecule has 0 aromatic heterocycles. The highest BCUT2D eigenvalue weighted by molar-refractivity contribution is 5.67. The number of benzene rings is 2. The van der Waals surface area contributed by atoms with Gasteiger partial charge in [-0.1, -0.05) is 36.4 Å². The minimum atomic E-state index is -0.194. The van der Waals surface area contributed by atoms with E-state index in [-0.39, 0.29) is 11.4 Å².